The number of amides is 3. The number of benzene rings is 1. The Hall–Kier alpha value is -2.34. The molecule has 0 spiro atoms. The van der Waals surface area contributed by atoms with Gasteiger partial charge in [-0.3, -0.25) is 4.79 Å². The number of nitrogens with two attached hydrogens (primary N) is 1. The van der Waals surface area contributed by atoms with Crippen LogP contribution in [-0.2, 0) is 9.53 Å². The minimum absolute atomic E-state index is 0.0948. The van der Waals surface area contributed by atoms with Gasteiger partial charge in [0.05, 0.1) is 6.10 Å². The van der Waals surface area contributed by atoms with Gasteiger partial charge in [-0.25, -0.2) is 4.79 Å². The predicted octanol–water partition coefficient (Wildman–Crippen LogP) is 1.52. The molecule has 3 rings (SSSR count). The fraction of sp³-hybridized carbons (Fsp3) is 0.444. The van der Waals surface area contributed by atoms with Gasteiger partial charge < -0.3 is 20.7 Å². The third-order valence-corrected chi connectivity index (χ3v) is 4.49. The summed E-state index contributed by atoms with van der Waals surface area (Å²) in [5.74, 6) is -0.433. The van der Waals surface area contributed by atoms with E-state index in [1.165, 1.54) is 5.57 Å². The first-order chi connectivity index (χ1) is 11.6. The summed E-state index contributed by atoms with van der Waals surface area (Å²) >= 11 is 0. The standard InChI is InChI=1S/C18H23N3O3/c19-17(22)16-9-8-15(24-16)11-20-18(23)21-10-4-7-14(12-21)13-5-2-1-3-6-13/h1-3,5-7,15-16H,4,8-12H2,(H2,19,22)(H,20,23)/t15-,16+/m0/s1. The molecule has 0 unspecified atom stereocenters. The molecule has 0 aromatic heterocycles. The Labute approximate surface area is 141 Å². The second-order valence-corrected chi connectivity index (χ2v) is 6.22. The number of nitrogens with zero attached hydrogens (tertiary/aromatic N) is 1. The maximum Gasteiger partial charge on any atom is 0.317 e. The van der Waals surface area contributed by atoms with Crippen LogP contribution in [0, 0.1) is 0 Å². The molecule has 1 fully saturated rings. The number of primary amides is 1. The number of carbonyl (C=O) groups excluding carboxylic acids is 2. The summed E-state index contributed by atoms with van der Waals surface area (Å²) in [7, 11) is 0. The molecule has 2 aliphatic heterocycles. The fourth-order valence-electron chi connectivity index (χ4n) is 3.16. The number of ether oxygens (including phenoxy) is 1. The van der Waals surface area contributed by atoms with E-state index in [0.717, 1.165) is 18.4 Å². The van der Waals surface area contributed by atoms with E-state index < -0.39 is 12.0 Å². The van der Waals surface area contributed by atoms with Crippen LogP contribution < -0.4 is 11.1 Å². The Morgan fingerprint density at radius 1 is 1.25 bits per heavy atom. The number of hydrogen-bond donors (Lipinski definition) is 2. The predicted molar refractivity (Wildman–Crippen MR) is 91.1 cm³/mol. The van der Waals surface area contributed by atoms with Crippen molar-refractivity contribution in [1.29, 1.82) is 0 Å². The van der Waals surface area contributed by atoms with Crippen LogP contribution in [0.5, 0.6) is 0 Å². The highest BCUT2D eigenvalue weighted by molar-refractivity contribution is 5.79. The van der Waals surface area contributed by atoms with Crippen molar-refractivity contribution in [2.45, 2.75) is 31.5 Å². The molecule has 1 saturated heterocycles. The van der Waals surface area contributed by atoms with Gasteiger partial charge in [-0.2, -0.15) is 0 Å². The van der Waals surface area contributed by atoms with Gasteiger partial charge in [0.25, 0.3) is 0 Å². The van der Waals surface area contributed by atoms with Crippen molar-refractivity contribution in [2.24, 2.45) is 5.73 Å². The third-order valence-electron chi connectivity index (χ3n) is 4.49. The SMILES string of the molecule is NC(=O)[C@H]1CC[C@@H](CNC(=O)N2CCC=C(c3ccccc3)C2)O1. The molecule has 6 nitrogen and oxygen atoms in total. The largest absolute Gasteiger partial charge is 0.367 e. The molecule has 1 aromatic carbocycles. The number of carbonyl (C=O) groups is 2. The summed E-state index contributed by atoms with van der Waals surface area (Å²) in [5.41, 5.74) is 7.56. The second kappa shape index (κ2) is 7.49. The molecular weight excluding hydrogens is 306 g/mol. The zero-order chi connectivity index (χ0) is 16.9. The van der Waals surface area contributed by atoms with E-state index >= 15 is 0 Å². The zero-order valence-corrected chi connectivity index (χ0v) is 13.6. The lowest BCUT2D eigenvalue weighted by Gasteiger charge is -2.28. The lowest BCUT2D eigenvalue weighted by molar-refractivity contribution is -0.128. The van der Waals surface area contributed by atoms with E-state index in [-0.39, 0.29) is 12.1 Å². The molecule has 0 saturated carbocycles. The Balaban J connectivity index is 1.49. The summed E-state index contributed by atoms with van der Waals surface area (Å²) in [6.07, 6.45) is 3.75. The normalized spacial score (nSPS) is 23.7. The average Bonchev–Trinajstić information content (AvgIpc) is 3.10. The molecule has 2 heterocycles. The quantitative estimate of drug-likeness (QED) is 0.878. The first-order valence-corrected chi connectivity index (χ1v) is 8.35. The smallest absolute Gasteiger partial charge is 0.317 e. The maximum absolute atomic E-state index is 12.4. The molecule has 2 atom stereocenters. The molecule has 0 bridgehead atoms. The Morgan fingerprint density at radius 2 is 2.04 bits per heavy atom. The van der Waals surface area contributed by atoms with E-state index in [4.69, 9.17) is 10.5 Å². The second-order valence-electron chi connectivity index (χ2n) is 6.22. The van der Waals surface area contributed by atoms with E-state index in [0.29, 0.717) is 26.1 Å². The van der Waals surface area contributed by atoms with Crippen LogP contribution in [0.4, 0.5) is 4.79 Å². The zero-order valence-electron chi connectivity index (χ0n) is 13.6. The van der Waals surface area contributed by atoms with Crippen molar-refractivity contribution >= 4 is 17.5 Å². The van der Waals surface area contributed by atoms with E-state index in [1.807, 2.05) is 23.1 Å². The third kappa shape index (κ3) is 3.94. The molecule has 128 valence electrons. The van der Waals surface area contributed by atoms with Crippen LogP contribution in [0.15, 0.2) is 36.4 Å². The molecule has 2 aliphatic rings. The van der Waals surface area contributed by atoms with Crippen molar-refractivity contribution < 1.29 is 14.3 Å². The van der Waals surface area contributed by atoms with Crippen LogP contribution in [-0.4, -0.2) is 48.7 Å². The molecule has 0 aliphatic carbocycles. The first-order valence-electron chi connectivity index (χ1n) is 8.35. The van der Waals surface area contributed by atoms with Crippen LogP contribution in [0.25, 0.3) is 5.57 Å². The van der Waals surface area contributed by atoms with Crippen molar-refractivity contribution in [3.63, 3.8) is 0 Å². The lowest BCUT2D eigenvalue weighted by atomic mass is 10.0. The van der Waals surface area contributed by atoms with Crippen LogP contribution >= 0.6 is 0 Å². The molecule has 0 radical (unpaired) electrons. The average molecular weight is 329 g/mol. The highest BCUT2D eigenvalue weighted by Gasteiger charge is 2.29. The Morgan fingerprint density at radius 3 is 2.75 bits per heavy atom. The highest BCUT2D eigenvalue weighted by Crippen LogP contribution is 2.21. The van der Waals surface area contributed by atoms with Gasteiger partial charge in [-0.1, -0.05) is 36.4 Å². The molecular formula is C18H23N3O3. The number of urea groups is 1. The van der Waals surface area contributed by atoms with Gasteiger partial charge >= 0.3 is 6.03 Å². The minimum atomic E-state index is -0.519. The summed E-state index contributed by atoms with van der Waals surface area (Å²) < 4.78 is 5.53. The van der Waals surface area contributed by atoms with Crippen molar-refractivity contribution in [2.75, 3.05) is 19.6 Å². The van der Waals surface area contributed by atoms with Gasteiger partial charge in [-0.05, 0) is 30.4 Å². The monoisotopic (exact) mass is 329 g/mol. The van der Waals surface area contributed by atoms with Crippen molar-refractivity contribution in [1.82, 2.24) is 10.2 Å². The molecule has 6 heteroatoms. The van der Waals surface area contributed by atoms with Gasteiger partial charge in [0.1, 0.15) is 6.10 Å². The maximum atomic E-state index is 12.4. The van der Waals surface area contributed by atoms with Crippen LogP contribution in [0.1, 0.15) is 24.8 Å². The van der Waals surface area contributed by atoms with E-state index in [1.54, 1.807) is 0 Å². The first kappa shape index (κ1) is 16.5. The summed E-state index contributed by atoms with van der Waals surface area (Å²) in [6.45, 7) is 1.71. The number of nitrogens with one attached hydrogen (secondary N) is 1. The lowest BCUT2D eigenvalue weighted by Crippen LogP contribution is -2.45. The topological polar surface area (TPSA) is 84.7 Å². The van der Waals surface area contributed by atoms with Crippen LogP contribution in [0.2, 0.25) is 0 Å². The molecule has 1 aromatic rings. The summed E-state index contributed by atoms with van der Waals surface area (Å²) in [4.78, 5) is 25.3. The Kier molecular flexibility index (Phi) is 5.15. The Bertz CT molecular complexity index is 630. The molecule has 3 amide bonds. The van der Waals surface area contributed by atoms with Crippen molar-refractivity contribution in [3.8, 4) is 0 Å². The fourth-order valence-corrected chi connectivity index (χ4v) is 3.16. The minimum Gasteiger partial charge on any atom is -0.367 e. The highest BCUT2D eigenvalue weighted by atomic mass is 16.5. The number of hydrogen-bond acceptors (Lipinski definition) is 3. The van der Waals surface area contributed by atoms with Gasteiger partial charge in [0.15, 0.2) is 0 Å². The van der Waals surface area contributed by atoms with E-state index in [2.05, 4.69) is 23.5 Å². The van der Waals surface area contributed by atoms with Gasteiger partial charge in [-0.15, -0.1) is 0 Å². The van der Waals surface area contributed by atoms with Crippen LogP contribution in [0.3, 0.4) is 0 Å². The summed E-state index contributed by atoms with van der Waals surface area (Å²) in [6, 6.07) is 10.0. The van der Waals surface area contributed by atoms with Crippen molar-refractivity contribution in [3.05, 3.63) is 42.0 Å². The molecule has 3 N–H and O–H groups in total. The van der Waals surface area contributed by atoms with E-state index in [9.17, 15) is 9.59 Å². The number of rotatable bonds is 4. The van der Waals surface area contributed by atoms with Gasteiger partial charge in [0.2, 0.25) is 5.91 Å². The summed E-state index contributed by atoms with van der Waals surface area (Å²) in [5, 5.41) is 2.91. The van der Waals surface area contributed by atoms with Gasteiger partial charge in [0, 0.05) is 19.6 Å². The molecule has 24 heavy (non-hydrogen) atoms.